The minimum Gasteiger partial charge on any atom is -0.393 e. The first kappa shape index (κ1) is 10.7. The smallest absolute Gasteiger partial charge is 0.317 e. The Bertz CT molecular complexity index is 343. The number of hydrogen-bond acceptors (Lipinski definition) is 3. The summed E-state index contributed by atoms with van der Waals surface area (Å²) in [6, 6.07) is 6.78. The monoisotopic (exact) mass is 212 g/mol. The lowest BCUT2D eigenvalue weighted by Gasteiger charge is -2.00. The zero-order valence-corrected chi connectivity index (χ0v) is 8.38. The Labute approximate surface area is 86.6 Å². The summed E-state index contributed by atoms with van der Waals surface area (Å²) in [7, 11) is 0. The third-order valence-electron chi connectivity index (χ3n) is 1.52. The summed E-state index contributed by atoms with van der Waals surface area (Å²) in [6.07, 6.45) is 0.0801. The Hall–Kier alpha value is -1.35. The minimum absolute atomic E-state index is 0.0801. The molecule has 3 nitrogen and oxygen atoms in total. The molecule has 0 unspecified atom stereocenters. The molecule has 0 fully saturated rings. The molecule has 1 aromatic carbocycles. The zero-order chi connectivity index (χ0) is 10.6. The summed E-state index contributed by atoms with van der Waals surface area (Å²) in [5, 5.41) is 0.605. The largest absolute Gasteiger partial charge is 0.393 e. The number of carbonyl (C=O) groups excluding carboxylic acids is 2. The van der Waals surface area contributed by atoms with Gasteiger partial charge in [-0.25, -0.2) is 0 Å². The van der Waals surface area contributed by atoms with Crippen LogP contribution in [-0.2, 0) is 20.7 Å². The van der Waals surface area contributed by atoms with E-state index in [1.165, 1.54) is 6.92 Å². The lowest BCUT2D eigenvalue weighted by Crippen LogP contribution is -2.11. The molecule has 0 aliphatic carbocycles. The van der Waals surface area contributed by atoms with Crippen LogP contribution < -0.4 is 0 Å². The second kappa shape index (κ2) is 4.77. The summed E-state index contributed by atoms with van der Waals surface area (Å²) >= 11 is 5.66. The van der Waals surface area contributed by atoms with Gasteiger partial charge < -0.3 is 4.74 Å². The summed E-state index contributed by atoms with van der Waals surface area (Å²) in [5.41, 5.74) is 0.764. The Balaban J connectivity index is 2.56. The van der Waals surface area contributed by atoms with Crippen LogP contribution in [0.25, 0.3) is 0 Å². The number of rotatable bonds is 2. The molecule has 0 amide bonds. The molecular weight excluding hydrogens is 204 g/mol. The van der Waals surface area contributed by atoms with Crippen molar-refractivity contribution in [3.63, 3.8) is 0 Å². The number of ether oxygens (including phenoxy) is 1. The predicted octanol–water partition coefficient (Wildman–Crippen LogP) is 1.97. The van der Waals surface area contributed by atoms with E-state index >= 15 is 0 Å². The van der Waals surface area contributed by atoms with E-state index in [0.29, 0.717) is 5.02 Å². The van der Waals surface area contributed by atoms with Crippen molar-refractivity contribution in [1.29, 1.82) is 0 Å². The van der Waals surface area contributed by atoms with Gasteiger partial charge in [0.15, 0.2) is 0 Å². The SMILES string of the molecule is CC(=O)OC(=O)Cc1ccc(Cl)cc1. The van der Waals surface area contributed by atoms with Gasteiger partial charge in [0.25, 0.3) is 0 Å². The maximum absolute atomic E-state index is 11.0. The topological polar surface area (TPSA) is 43.4 Å². The number of esters is 2. The molecule has 1 aromatic rings. The van der Waals surface area contributed by atoms with Crippen molar-refractivity contribution in [3.05, 3.63) is 34.9 Å². The van der Waals surface area contributed by atoms with Gasteiger partial charge >= 0.3 is 11.9 Å². The number of carbonyl (C=O) groups is 2. The molecule has 0 radical (unpaired) electrons. The first-order chi connectivity index (χ1) is 6.58. The third-order valence-corrected chi connectivity index (χ3v) is 1.77. The fraction of sp³-hybridized carbons (Fsp3) is 0.200. The van der Waals surface area contributed by atoms with Crippen LogP contribution in [-0.4, -0.2) is 11.9 Å². The van der Waals surface area contributed by atoms with Gasteiger partial charge in [0.05, 0.1) is 6.42 Å². The maximum Gasteiger partial charge on any atom is 0.317 e. The highest BCUT2D eigenvalue weighted by Gasteiger charge is 2.06. The first-order valence-corrected chi connectivity index (χ1v) is 4.41. The van der Waals surface area contributed by atoms with Gasteiger partial charge in [-0.3, -0.25) is 9.59 Å². The standard InChI is InChI=1S/C10H9ClO3/c1-7(12)14-10(13)6-8-2-4-9(11)5-3-8/h2-5H,6H2,1H3. The third kappa shape index (κ3) is 3.58. The second-order valence-electron chi connectivity index (χ2n) is 2.77. The average Bonchev–Trinajstić information content (AvgIpc) is 2.07. The van der Waals surface area contributed by atoms with E-state index in [1.807, 2.05) is 0 Å². The Morgan fingerprint density at radius 1 is 1.29 bits per heavy atom. The van der Waals surface area contributed by atoms with Gasteiger partial charge in [0, 0.05) is 11.9 Å². The van der Waals surface area contributed by atoms with E-state index in [9.17, 15) is 9.59 Å². The van der Waals surface area contributed by atoms with Crippen molar-refractivity contribution in [1.82, 2.24) is 0 Å². The number of halogens is 1. The van der Waals surface area contributed by atoms with Gasteiger partial charge in [0.2, 0.25) is 0 Å². The summed E-state index contributed by atoms with van der Waals surface area (Å²) in [6.45, 7) is 1.19. The molecule has 0 aliphatic rings. The fourth-order valence-electron chi connectivity index (χ4n) is 0.965. The Morgan fingerprint density at radius 3 is 2.36 bits per heavy atom. The van der Waals surface area contributed by atoms with Crippen LogP contribution in [0.5, 0.6) is 0 Å². The summed E-state index contributed by atoms with van der Waals surface area (Å²) in [5.74, 6) is -1.15. The highest BCUT2D eigenvalue weighted by atomic mass is 35.5. The summed E-state index contributed by atoms with van der Waals surface area (Å²) in [4.78, 5) is 21.5. The first-order valence-electron chi connectivity index (χ1n) is 4.03. The highest BCUT2D eigenvalue weighted by molar-refractivity contribution is 6.30. The zero-order valence-electron chi connectivity index (χ0n) is 7.62. The van der Waals surface area contributed by atoms with E-state index in [1.54, 1.807) is 24.3 Å². The van der Waals surface area contributed by atoms with Crippen molar-refractivity contribution in [2.45, 2.75) is 13.3 Å². The van der Waals surface area contributed by atoms with E-state index in [2.05, 4.69) is 4.74 Å². The molecule has 0 heterocycles. The molecule has 0 saturated heterocycles. The molecule has 74 valence electrons. The van der Waals surface area contributed by atoms with Crippen LogP contribution in [0, 0.1) is 0 Å². The number of hydrogen-bond donors (Lipinski definition) is 0. The van der Waals surface area contributed by atoms with Gasteiger partial charge in [-0.15, -0.1) is 0 Å². The van der Waals surface area contributed by atoms with Crippen molar-refractivity contribution in [2.24, 2.45) is 0 Å². The van der Waals surface area contributed by atoms with E-state index in [4.69, 9.17) is 11.6 Å². The van der Waals surface area contributed by atoms with Crippen molar-refractivity contribution >= 4 is 23.5 Å². The average molecular weight is 213 g/mol. The lowest BCUT2D eigenvalue weighted by molar-refractivity contribution is -0.157. The van der Waals surface area contributed by atoms with Crippen molar-refractivity contribution < 1.29 is 14.3 Å². The molecule has 0 bridgehead atoms. The molecule has 0 atom stereocenters. The molecule has 14 heavy (non-hydrogen) atoms. The minimum atomic E-state index is -0.594. The van der Waals surface area contributed by atoms with Gasteiger partial charge in [-0.2, -0.15) is 0 Å². The van der Waals surface area contributed by atoms with E-state index < -0.39 is 11.9 Å². The predicted molar refractivity (Wildman–Crippen MR) is 51.9 cm³/mol. The Kier molecular flexibility index (Phi) is 3.65. The molecule has 0 saturated carbocycles. The van der Waals surface area contributed by atoms with Crippen LogP contribution in [0.15, 0.2) is 24.3 Å². The van der Waals surface area contributed by atoms with Gasteiger partial charge in [0.1, 0.15) is 0 Å². The normalized spacial score (nSPS) is 9.57. The van der Waals surface area contributed by atoms with Gasteiger partial charge in [-0.1, -0.05) is 23.7 Å². The molecule has 0 aliphatic heterocycles. The quantitative estimate of drug-likeness (QED) is 0.556. The second-order valence-corrected chi connectivity index (χ2v) is 3.21. The number of benzene rings is 1. The molecule has 0 spiro atoms. The molecule has 0 aromatic heterocycles. The van der Waals surface area contributed by atoms with Crippen molar-refractivity contribution in [3.8, 4) is 0 Å². The van der Waals surface area contributed by atoms with Crippen LogP contribution in [0.1, 0.15) is 12.5 Å². The van der Waals surface area contributed by atoms with E-state index in [0.717, 1.165) is 5.56 Å². The lowest BCUT2D eigenvalue weighted by atomic mass is 10.2. The summed E-state index contributed by atoms with van der Waals surface area (Å²) < 4.78 is 4.37. The molecule has 4 heteroatoms. The van der Waals surface area contributed by atoms with Crippen LogP contribution in [0.4, 0.5) is 0 Å². The van der Waals surface area contributed by atoms with Crippen LogP contribution >= 0.6 is 11.6 Å². The van der Waals surface area contributed by atoms with Crippen LogP contribution in [0.3, 0.4) is 0 Å². The van der Waals surface area contributed by atoms with Gasteiger partial charge in [-0.05, 0) is 17.7 Å². The van der Waals surface area contributed by atoms with Crippen LogP contribution in [0.2, 0.25) is 5.02 Å². The fourth-order valence-corrected chi connectivity index (χ4v) is 1.09. The Morgan fingerprint density at radius 2 is 1.86 bits per heavy atom. The molecular formula is C10H9ClO3. The molecule has 0 N–H and O–H groups in total. The van der Waals surface area contributed by atoms with Crippen molar-refractivity contribution in [2.75, 3.05) is 0 Å². The van der Waals surface area contributed by atoms with E-state index in [-0.39, 0.29) is 6.42 Å². The highest BCUT2D eigenvalue weighted by Crippen LogP contribution is 2.10. The maximum atomic E-state index is 11.0. The molecule has 1 rings (SSSR count).